The summed E-state index contributed by atoms with van der Waals surface area (Å²) in [5.41, 5.74) is -0.822. The molecule has 0 saturated carbocycles. The minimum Gasteiger partial charge on any atom is -0.490 e. The van der Waals surface area contributed by atoms with Gasteiger partial charge in [0.25, 0.3) is 0 Å². The molecule has 1 aromatic carbocycles. The molecule has 0 spiro atoms. The van der Waals surface area contributed by atoms with Gasteiger partial charge in [-0.05, 0) is 31.0 Å². The van der Waals surface area contributed by atoms with Crippen molar-refractivity contribution in [2.75, 3.05) is 13.1 Å². The second kappa shape index (κ2) is 5.36. The fraction of sp³-hybridized carbons (Fsp3) is 0.500. The predicted octanol–water partition coefficient (Wildman–Crippen LogP) is 3.50. The fourth-order valence-electron chi connectivity index (χ4n) is 1.85. The van der Waals surface area contributed by atoms with Crippen LogP contribution in [0.2, 0.25) is 5.02 Å². The van der Waals surface area contributed by atoms with Crippen LogP contribution in [0.4, 0.5) is 13.2 Å². The largest absolute Gasteiger partial charge is 0.490 e. The minimum absolute atomic E-state index is 0.0494. The standard InChI is InChI=1S/C12H12ClF3NO/c13-8-1-2-11(10(7-8)12(14,15)16)18-9-3-5-17-6-4-9/h1-2,7,9H,3-6H2. The van der Waals surface area contributed by atoms with E-state index in [1.807, 2.05) is 0 Å². The van der Waals surface area contributed by atoms with Crippen LogP contribution in [0.5, 0.6) is 5.75 Å². The van der Waals surface area contributed by atoms with Gasteiger partial charge in [0.1, 0.15) is 11.9 Å². The summed E-state index contributed by atoms with van der Waals surface area (Å²) in [6.45, 7) is 1.28. The van der Waals surface area contributed by atoms with Gasteiger partial charge in [-0.25, -0.2) is 5.32 Å². The molecule has 0 unspecified atom stereocenters. The van der Waals surface area contributed by atoms with Crippen LogP contribution in [0.25, 0.3) is 0 Å². The highest BCUT2D eigenvalue weighted by Gasteiger charge is 2.35. The SMILES string of the molecule is FC(F)(F)c1cc(Cl)ccc1OC1CC[N]CC1. The highest BCUT2D eigenvalue weighted by atomic mass is 35.5. The van der Waals surface area contributed by atoms with Crippen LogP contribution in [0.1, 0.15) is 18.4 Å². The third-order valence-electron chi connectivity index (χ3n) is 2.76. The normalized spacial score (nSPS) is 17.8. The molecule has 1 aromatic rings. The maximum Gasteiger partial charge on any atom is 0.420 e. The Morgan fingerprint density at radius 1 is 1.22 bits per heavy atom. The van der Waals surface area contributed by atoms with Gasteiger partial charge in [-0.2, -0.15) is 13.2 Å². The Bertz CT molecular complexity index is 416. The van der Waals surface area contributed by atoms with Gasteiger partial charge in [0.2, 0.25) is 0 Å². The Labute approximate surface area is 108 Å². The van der Waals surface area contributed by atoms with Gasteiger partial charge in [0.15, 0.2) is 0 Å². The van der Waals surface area contributed by atoms with E-state index in [4.69, 9.17) is 16.3 Å². The summed E-state index contributed by atoms with van der Waals surface area (Å²) < 4.78 is 43.9. The Kier molecular flexibility index (Phi) is 4.02. The van der Waals surface area contributed by atoms with E-state index in [9.17, 15) is 13.2 Å². The van der Waals surface area contributed by atoms with Crippen LogP contribution in [0, 0.1) is 0 Å². The van der Waals surface area contributed by atoms with E-state index >= 15 is 0 Å². The zero-order valence-electron chi connectivity index (χ0n) is 9.51. The topological polar surface area (TPSA) is 23.3 Å². The molecular formula is C12H12ClF3NO. The molecule has 6 heteroatoms. The number of rotatable bonds is 2. The Hall–Kier alpha value is -0.940. The summed E-state index contributed by atoms with van der Waals surface area (Å²) in [7, 11) is 0. The molecule has 0 bridgehead atoms. The number of piperidine rings is 1. The van der Waals surface area contributed by atoms with Crippen molar-refractivity contribution >= 4 is 11.6 Å². The average Bonchev–Trinajstić information content (AvgIpc) is 2.31. The van der Waals surface area contributed by atoms with E-state index in [1.165, 1.54) is 12.1 Å². The van der Waals surface area contributed by atoms with Crippen molar-refractivity contribution in [1.29, 1.82) is 0 Å². The molecule has 1 aliphatic rings. The summed E-state index contributed by atoms with van der Waals surface area (Å²) in [5.74, 6) is -0.154. The van der Waals surface area contributed by atoms with Crippen LogP contribution >= 0.6 is 11.6 Å². The van der Waals surface area contributed by atoms with E-state index < -0.39 is 11.7 Å². The zero-order chi connectivity index (χ0) is 13.2. The maximum atomic E-state index is 12.8. The van der Waals surface area contributed by atoms with Gasteiger partial charge in [-0.15, -0.1) is 0 Å². The number of ether oxygens (including phenoxy) is 1. The first kappa shape index (κ1) is 13.5. The zero-order valence-corrected chi connectivity index (χ0v) is 10.3. The third-order valence-corrected chi connectivity index (χ3v) is 2.99. The van der Waals surface area contributed by atoms with Gasteiger partial charge < -0.3 is 4.74 Å². The quantitative estimate of drug-likeness (QED) is 0.812. The van der Waals surface area contributed by atoms with Crippen molar-refractivity contribution in [2.24, 2.45) is 0 Å². The monoisotopic (exact) mass is 278 g/mol. The van der Waals surface area contributed by atoms with Gasteiger partial charge in [0, 0.05) is 18.1 Å². The minimum atomic E-state index is -4.46. The van der Waals surface area contributed by atoms with Crippen molar-refractivity contribution in [3.05, 3.63) is 28.8 Å². The van der Waals surface area contributed by atoms with Gasteiger partial charge in [-0.1, -0.05) is 11.6 Å². The van der Waals surface area contributed by atoms with E-state index in [-0.39, 0.29) is 16.9 Å². The van der Waals surface area contributed by atoms with Crippen LogP contribution in [-0.4, -0.2) is 19.2 Å². The molecule has 2 rings (SSSR count). The lowest BCUT2D eigenvalue weighted by Gasteiger charge is -2.24. The molecule has 0 N–H and O–H groups in total. The van der Waals surface area contributed by atoms with E-state index in [1.54, 1.807) is 0 Å². The highest BCUT2D eigenvalue weighted by Crippen LogP contribution is 2.38. The smallest absolute Gasteiger partial charge is 0.420 e. The lowest BCUT2D eigenvalue weighted by molar-refractivity contribution is -0.139. The summed E-state index contributed by atoms with van der Waals surface area (Å²) in [6.07, 6.45) is -3.36. The van der Waals surface area contributed by atoms with Crippen molar-refractivity contribution in [2.45, 2.75) is 25.1 Å². The lowest BCUT2D eigenvalue weighted by Crippen LogP contribution is -2.30. The van der Waals surface area contributed by atoms with E-state index in [2.05, 4.69) is 5.32 Å². The first-order chi connectivity index (χ1) is 8.47. The second-order valence-corrected chi connectivity index (χ2v) is 4.56. The molecule has 1 radical (unpaired) electrons. The molecule has 0 amide bonds. The fourth-order valence-corrected chi connectivity index (χ4v) is 2.02. The van der Waals surface area contributed by atoms with Crippen LogP contribution < -0.4 is 10.1 Å². The second-order valence-electron chi connectivity index (χ2n) is 4.13. The van der Waals surface area contributed by atoms with Crippen molar-refractivity contribution < 1.29 is 17.9 Å². The summed E-state index contributed by atoms with van der Waals surface area (Å²) >= 11 is 5.60. The molecule has 1 fully saturated rings. The summed E-state index contributed by atoms with van der Waals surface area (Å²) in [5, 5.41) is 4.18. The van der Waals surface area contributed by atoms with Crippen molar-refractivity contribution in [3.63, 3.8) is 0 Å². The molecule has 18 heavy (non-hydrogen) atoms. The molecule has 1 saturated heterocycles. The van der Waals surface area contributed by atoms with E-state index in [0.717, 1.165) is 6.07 Å². The molecule has 1 aliphatic heterocycles. The van der Waals surface area contributed by atoms with Crippen molar-refractivity contribution in [3.8, 4) is 5.75 Å². The van der Waals surface area contributed by atoms with Gasteiger partial charge in [0.05, 0.1) is 5.56 Å². The van der Waals surface area contributed by atoms with Crippen LogP contribution in [0.3, 0.4) is 0 Å². The molecule has 1 heterocycles. The first-order valence-corrected chi connectivity index (χ1v) is 6.01. The Morgan fingerprint density at radius 3 is 2.50 bits per heavy atom. The molecule has 0 atom stereocenters. The number of benzene rings is 1. The number of hydrogen-bond acceptors (Lipinski definition) is 1. The predicted molar refractivity (Wildman–Crippen MR) is 62.0 cm³/mol. The molecule has 0 aromatic heterocycles. The Balaban J connectivity index is 2.21. The number of halogens is 4. The number of alkyl halides is 3. The molecule has 99 valence electrons. The number of nitrogens with zero attached hydrogens (tertiary/aromatic N) is 1. The maximum absolute atomic E-state index is 12.8. The Morgan fingerprint density at radius 2 is 1.89 bits per heavy atom. The summed E-state index contributed by atoms with van der Waals surface area (Å²) in [4.78, 5) is 0. The first-order valence-electron chi connectivity index (χ1n) is 5.63. The van der Waals surface area contributed by atoms with Crippen LogP contribution in [-0.2, 0) is 6.18 Å². The van der Waals surface area contributed by atoms with E-state index in [0.29, 0.717) is 25.9 Å². The summed E-state index contributed by atoms with van der Waals surface area (Å²) in [6, 6.07) is 3.57. The molecule has 2 nitrogen and oxygen atoms in total. The van der Waals surface area contributed by atoms with Gasteiger partial charge in [-0.3, -0.25) is 0 Å². The van der Waals surface area contributed by atoms with Crippen LogP contribution in [0.15, 0.2) is 18.2 Å². The molecular weight excluding hydrogens is 267 g/mol. The van der Waals surface area contributed by atoms with Crippen molar-refractivity contribution in [1.82, 2.24) is 5.32 Å². The average molecular weight is 279 g/mol. The van der Waals surface area contributed by atoms with Gasteiger partial charge >= 0.3 is 6.18 Å². The third kappa shape index (κ3) is 3.29. The lowest BCUT2D eigenvalue weighted by atomic mass is 10.1. The molecule has 0 aliphatic carbocycles. The number of hydrogen-bond donors (Lipinski definition) is 0. The highest BCUT2D eigenvalue weighted by molar-refractivity contribution is 6.30.